The lowest BCUT2D eigenvalue weighted by Crippen LogP contribution is -2.25. The van der Waals surface area contributed by atoms with E-state index in [1.54, 1.807) is 0 Å². The van der Waals surface area contributed by atoms with Gasteiger partial charge in [-0.3, -0.25) is 4.79 Å². The van der Waals surface area contributed by atoms with Crippen molar-refractivity contribution in [3.8, 4) is 0 Å². The molecular weight excluding hydrogens is 390 g/mol. The third-order valence-corrected chi connectivity index (χ3v) is 7.17. The van der Waals surface area contributed by atoms with Crippen LogP contribution in [0.4, 0.5) is 8.78 Å². The highest BCUT2D eigenvalue weighted by molar-refractivity contribution is 6.36. The highest BCUT2D eigenvalue weighted by atomic mass is 35.5. The van der Waals surface area contributed by atoms with Gasteiger partial charge < -0.3 is 15.4 Å². The number of rotatable bonds is 3. The standard InChI is InChI=1S/C20H19ClF2N2O3/c21-16-15(8-3-14(24)20(6-8)1-2-20)12(23)4-9-17(16)25(13-5-11(13)22)7-10(18(9)26)19(27)28/h4,7-8,11,13-14H,1-3,5-6,24H2,(H,27,28). The molecule has 0 bridgehead atoms. The Bertz CT molecular complexity index is 1100. The average Bonchev–Trinajstić information content (AvgIpc) is 3.51. The van der Waals surface area contributed by atoms with E-state index >= 15 is 4.39 Å². The molecule has 0 saturated heterocycles. The van der Waals surface area contributed by atoms with Gasteiger partial charge in [0.25, 0.3) is 0 Å². The summed E-state index contributed by atoms with van der Waals surface area (Å²) >= 11 is 6.61. The van der Waals surface area contributed by atoms with Crippen molar-refractivity contribution in [3.63, 3.8) is 0 Å². The fourth-order valence-corrected chi connectivity index (χ4v) is 5.37. The van der Waals surface area contributed by atoms with Crippen molar-refractivity contribution in [2.24, 2.45) is 11.1 Å². The van der Waals surface area contributed by atoms with Crippen LogP contribution in [-0.4, -0.2) is 27.9 Å². The third kappa shape index (κ3) is 2.45. The van der Waals surface area contributed by atoms with Crippen LogP contribution in [0.15, 0.2) is 17.1 Å². The molecule has 4 unspecified atom stereocenters. The number of nitrogens with zero attached hydrogens (tertiary/aromatic N) is 1. The summed E-state index contributed by atoms with van der Waals surface area (Å²) < 4.78 is 30.3. The molecular formula is C20H19ClF2N2O3. The molecule has 0 aliphatic heterocycles. The summed E-state index contributed by atoms with van der Waals surface area (Å²) in [6, 6.07) is 0.442. The molecule has 1 heterocycles. The molecule has 148 valence electrons. The van der Waals surface area contributed by atoms with Gasteiger partial charge in [-0.05, 0) is 43.1 Å². The van der Waals surface area contributed by atoms with Crippen molar-refractivity contribution < 1.29 is 18.7 Å². The first-order valence-corrected chi connectivity index (χ1v) is 9.81. The average molecular weight is 409 g/mol. The van der Waals surface area contributed by atoms with Crippen LogP contribution in [0.2, 0.25) is 5.02 Å². The summed E-state index contributed by atoms with van der Waals surface area (Å²) in [6.45, 7) is 0. The second-order valence-electron chi connectivity index (χ2n) is 8.49. The molecule has 2 aromatic rings. The first kappa shape index (κ1) is 18.1. The van der Waals surface area contributed by atoms with Crippen LogP contribution in [0.3, 0.4) is 0 Å². The molecule has 0 amide bonds. The number of benzene rings is 1. The minimum Gasteiger partial charge on any atom is -0.477 e. The summed E-state index contributed by atoms with van der Waals surface area (Å²) in [6.07, 6.45) is 3.58. The molecule has 0 radical (unpaired) electrons. The van der Waals surface area contributed by atoms with Gasteiger partial charge in [0.15, 0.2) is 0 Å². The van der Waals surface area contributed by atoms with Crippen molar-refractivity contribution >= 4 is 28.5 Å². The van der Waals surface area contributed by atoms with E-state index in [1.165, 1.54) is 4.57 Å². The second kappa shape index (κ2) is 5.76. The highest BCUT2D eigenvalue weighted by Crippen LogP contribution is 2.62. The summed E-state index contributed by atoms with van der Waals surface area (Å²) in [5.41, 5.74) is 5.50. The Morgan fingerprint density at radius 2 is 2.04 bits per heavy atom. The maximum Gasteiger partial charge on any atom is 0.341 e. The number of hydrogen-bond donors (Lipinski definition) is 2. The van der Waals surface area contributed by atoms with Gasteiger partial charge in [0.05, 0.1) is 22.0 Å². The van der Waals surface area contributed by atoms with E-state index < -0.39 is 35.0 Å². The van der Waals surface area contributed by atoms with Gasteiger partial charge >= 0.3 is 5.97 Å². The Balaban J connectivity index is 1.75. The zero-order valence-corrected chi connectivity index (χ0v) is 15.7. The maximum atomic E-state index is 15.1. The number of alkyl halides is 1. The van der Waals surface area contributed by atoms with Crippen LogP contribution in [-0.2, 0) is 0 Å². The quantitative estimate of drug-likeness (QED) is 0.809. The Morgan fingerprint density at radius 1 is 1.36 bits per heavy atom. The minimum atomic E-state index is -1.44. The van der Waals surface area contributed by atoms with Crippen molar-refractivity contribution in [2.45, 2.75) is 56.3 Å². The van der Waals surface area contributed by atoms with E-state index in [0.717, 1.165) is 31.5 Å². The molecule has 1 spiro atoms. The van der Waals surface area contributed by atoms with Crippen molar-refractivity contribution in [1.82, 2.24) is 4.57 Å². The first-order valence-electron chi connectivity index (χ1n) is 9.43. The predicted octanol–water partition coefficient (Wildman–Crippen LogP) is 3.76. The molecule has 8 heteroatoms. The largest absolute Gasteiger partial charge is 0.477 e. The molecule has 3 aliphatic carbocycles. The number of carboxylic acid groups (broad SMARTS) is 1. The number of carboxylic acids is 1. The van der Waals surface area contributed by atoms with Gasteiger partial charge in [-0.1, -0.05) is 11.6 Å². The number of carbonyl (C=O) groups is 1. The van der Waals surface area contributed by atoms with E-state index in [9.17, 15) is 19.1 Å². The third-order valence-electron chi connectivity index (χ3n) is 6.79. The maximum absolute atomic E-state index is 15.1. The predicted molar refractivity (Wildman–Crippen MR) is 100 cm³/mol. The van der Waals surface area contributed by atoms with Gasteiger partial charge in [0, 0.05) is 24.2 Å². The zero-order valence-electron chi connectivity index (χ0n) is 14.9. The molecule has 28 heavy (non-hydrogen) atoms. The molecule has 5 nitrogen and oxygen atoms in total. The summed E-state index contributed by atoms with van der Waals surface area (Å²) in [7, 11) is 0. The molecule has 3 N–H and O–H groups in total. The molecule has 1 aromatic carbocycles. The molecule has 1 aromatic heterocycles. The Kier molecular flexibility index (Phi) is 3.72. The fraction of sp³-hybridized carbons (Fsp3) is 0.500. The number of halogens is 3. The van der Waals surface area contributed by atoms with E-state index in [0.29, 0.717) is 12.0 Å². The van der Waals surface area contributed by atoms with Crippen LogP contribution in [0, 0.1) is 11.2 Å². The number of aromatic carboxylic acids is 1. The van der Waals surface area contributed by atoms with Gasteiger partial charge in [0.2, 0.25) is 5.43 Å². The van der Waals surface area contributed by atoms with Crippen molar-refractivity contribution in [2.75, 3.05) is 0 Å². The number of nitrogens with two attached hydrogens (primary N) is 1. The van der Waals surface area contributed by atoms with Crippen LogP contribution >= 0.6 is 11.6 Å². The lowest BCUT2D eigenvalue weighted by molar-refractivity contribution is 0.0694. The second-order valence-corrected chi connectivity index (χ2v) is 8.87. The molecule has 5 rings (SSSR count). The zero-order chi connectivity index (χ0) is 20.0. The highest BCUT2D eigenvalue weighted by Gasteiger charge is 2.54. The number of fused-ring (bicyclic) bond motifs is 1. The normalized spacial score (nSPS) is 30.1. The summed E-state index contributed by atoms with van der Waals surface area (Å²) in [4.78, 5) is 24.1. The number of hydrogen-bond acceptors (Lipinski definition) is 3. The fourth-order valence-electron chi connectivity index (χ4n) is 4.92. The number of aromatic nitrogens is 1. The van der Waals surface area contributed by atoms with Gasteiger partial charge in [-0.15, -0.1) is 0 Å². The van der Waals surface area contributed by atoms with Crippen LogP contribution < -0.4 is 11.2 Å². The topological polar surface area (TPSA) is 85.3 Å². The summed E-state index contributed by atoms with van der Waals surface area (Å²) in [5, 5.41) is 9.27. The Morgan fingerprint density at radius 3 is 2.57 bits per heavy atom. The van der Waals surface area contributed by atoms with E-state index in [-0.39, 0.29) is 39.7 Å². The van der Waals surface area contributed by atoms with E-state index in [2.05, 4.69) is 0 Å². The molecule has 3 aliphatic rings. The van der Waals surface area contributed by atoms with E-state index in [4.69, 9.17) is 17.3 Å². The van der Waals surface area contributed by atoms with E-state index in [1.807, 2.05) is 0 Å². The molecule has 3 fully saturated rings. The Labute approximate surface area is 164 Å². The first-order chi connectivity index (χ1) is 13.2. The van der Waals surface area contributed by atoms with Crippen LogP contribution in [0.5, 0.6) is 0 Å². The SMILES string of the molecule is NC1CC(c2c(F)cc3c(=O)c(C(=O)O)cn(C4CC4F)c3c2Cl)CC12CC2. The lowest BCUT2D eigenvalue weighted by atomic mass is 9.93. The van der Waals surface area contributed by atoms with Crippen molar-refractivity contribution in [3.05, 3.63) is 44.5 Å². The monoisotopic (exact) mass is 408 g/mol. The van der Waals surface area contributed by atoms with Crippen molar-refractivity contribution in [1.29, 1.82) is 0 Å². The molecule has 3 saturated carbocycles. The summed E-state index contributed by atoms with van der Waals surface area (Å²) in [5.74, 6) is -2.24. The Hall–Kier alpha value is -1.99. The van der Waals surface area contributed by atoms with Gasteiger partial charge in [-0.25, -0.2) is 13.6 Å². The van der Waals surface area contributed by atoms with Crippen LogP contribution in [0.25, 0.3) is 10.9 Å². The van der Waals surface area contributed by atoms with Gasteiger partial charge in [-0.2, -0.15) is 0 Å². The minimum absolute atomic E-state index is 0.0149. The number of pyridine rings is 1. The van der Waals surface area contributed by atoms with Gasteiger partial charge in [0.1, 0.15) is 17.6 Å². The molecule has 4 atom stereocenters. The smallest absolute Gasteiger partial charge is 0.341 e. The van der Waals surface area contributed by atoms with Crippen LogP contribution in [0.1, 0.15) is 60.0 Å². The lowest BCUT2D eigenvalue weighted by Gasteiger charge is -2.19.